The first-order valence-corrected chi connectivity index (χ1v) is 10.4. The number of anilines is 1. The largest absolute Gasteiger partial charge is 0.586 e. The van der Waals surface area contributed by atoms with Crippen LogP contribution in [0.5, 0.6) is 11.5 Å². The number of likely N-dealkylation sites (tertiary alicyclic amines) is 1. The highest BCUT2D eigenvalue weighted by Crippen LogP contribution is 2.46. The molecule has 34 heavy (non-hydrogen) atoms. The SMILES string of the molecule is CC(C)(C)[C@]1(C(=O)Nc2cccc(-c3ccc4c(c3)OC(F)(F)O4)c2F)C[C@@H](F)CN1C(=O)O. The van der Waals surface area contributed by atoms with Gasteiger partial charge in [-0.3, -0.25) is 9.69 Å². The molecule has 2 aliphatic heterocycles. The number of amides is 2. The fourth-order valence-electron chi connectivity index (χ4n) is 4.55. The van der Waals surface area contributed by atoms with E-state index in [1.807, 2.05) is 0 Å². The number of carboxylic acid groups (broad SMARTS) is 1. The summed E-state index contributed by atoms with van der Waals surface area (Å²) in [5.41, 5.74) is -2.94. The summed E-state index contributed by atoms with van der Waals surface area (Å²) in [5.74, 6) is -2.24. The summed E-state index contributed by atoms with van der Waals surface area (Å²) in [6, 6.07) is 7.79. The van der Waals surface area contributed by atoms with Crippen molar-refractivity contribution in [3.8, 4) is 22.6 Å². The number of alkyl halides is 3. The van der Waals surface area contributed by atoms with Gasteiger partial charge in [0, 0.05) is 12.0 Å². The predicted octanol–water partition coefficient (Wildman–Crippen LogP) is 5.26. The summed E-state index contributed by atoms with van der Waals surface area (Å²) < 4.78 is 65.2. The van der Waals surface area contributed by atoms with Crippen molar-refractivity contribution in [1.82, 2.24) is 4.90 Å². The Kier molecular flexibility index (Phi) is 5.41. The van der Waals surface area contributed by atoms with E-state index in [-0.39, 0.29) is 34.7 Å². The maximum atomic E-state index is 15.4. The lowest BCUT2D eigenvalue weighted by molar-refractivity contribution is -0.286. The standard InChI is InChI=1S/C23H22F4N2O5/c1-21(2,3)22(10-13(24)11-29(22)20(31)32)19(30)28-15-6-4-5-14(18(15)25)12-7-8-16-17(9-12)34-23(26,27)33-16/h4-9,13H,10-11H2,1-3H3,(H,28,30)(H,31,32)/t13-,22-/m1/s1. The molecule has 7 nitrogen and oxygen atoms in total. The van der Waals surface area contributed by atoms with Gasteiger partial charge in [0.15, 0.2) is 17.3 Å². The van der Waals surface area contributed by atoms with E-state index in [0.717, 1.165) is 4.90 Å². The monoisotopic (exact) mass is 482 g/mol. The molecule has 0 aliphatic carbocycles. The van der Waals surface area contributed by atoms with Crippen molar-refractivity contribution in [2.24, 2.45) is 5.41 Å². The van der Waals surface area contributed by atoms with E-state index in [0.29, 0.717) is 0 Å². The van der Waals surface area contributed by atoms with E-state index in [1.54, 1.807) is 20.8 Å². The van der Waals surface area contributed by atoms with Gasteiger partial charge < -0.3 is 19.9 Å². The van der Waals surface area contributed by atoms with Crippen molar-refractivity contribution in [1.29, 1.82) is 0 Å². The zero-order chi connectivity index (χ0) is 25.1. The number of carbonyl (C=O) groups is 2. The number of halogens is 4. The Balaban J connectivity index is 1.69. The van der Waals surface area contributed by atoms with Crippen molar-refractivity contribution in [3.05, 3.63) is 42.2 Å². The van der Waals surface area contributed by atoms with E-state index in [2.05, 4.69) is 14.8 Å². The number of ether oxygens (including phenoxy) is 2. The summed E-state index contributed by atoms with van der Waals surface area (Å²) in [5, 5.41) is 12.1. The molecule has 0 saturated carbocycles. The highest BCUT2D eigenvalue weighted by atomic mass is 19.3. The van der Waals surface area contributed by atoms with E-state index < -0.39 is 47.8 Å². The van der Waals surface area contributed by atoms with Crippen LogP contribution in [0.2, 0.25) is 0 Å². The summed E-state index contributed by atoms with van der Waals surface area (Å²) in [6.45, 7) is 4.34. The third-order valence-corrected chi connectivity index (χ3v) is 6.16. The fraction of sp³-hybridized carbons (Fsp3) is 0.391. The molecule has 2 amide bonds. The van der Waals surface area contributed by atoms with Crippen LogP contribution >= 0.6 is 0 Å². The molecule has 1 fully saturated rings. The third-order valence-electron chi connectivity index (χ3n) is 6.16. The Morgan fingerprint density at radius 1 is 1.15 bits per heavy atom. The number of hydrogen-bond donors (Lipinski definition) is 2. The number of nitrogens with one attached hydrogen (secondary N) is 1. The predicted molar refractivity (Wildman–Crippen MR) is 113 cm³/mol. The Morgan fingerprint density at radius 2 is 1.82 bits per heavy atom. The zero-order valence-corrected chi connectivity index (χ0v) is 18.5. The van der Waals surface area contributed by atoms with Crippen LogP contribution in [0.3, 0.4) is 0 Å². The van der Waals surface area contributed by atoms with Crippen LogP contribution < -0.4 is 14.8 Å². The van der Waals surface area contributed by atoms with Crippen molar-refractivity contribution in [3.63, 3.8) is 0 Å². The molecule has 11 heteroatoms. The molecule has 2 aromatic rings. The molecular weight excluding hydrogens is 460 g/mol. The van der Waals surface area contributed by atoms with Gasteiger partial charge in [-0.1, -0.05) is 39.0 Å². The number of rotatable bonds is 3. The van der Waals surface area contributed by atoms with E-state index in [4.69, 9.17) is 0 Å². The number of carbonyl (C=O) groups excluding carboxylic acids is 1. The lowest BCUT2D eigenvalue weighted by Crippen LogP contribution is -2.62. The second kappa shape index (κ2) is 7.78. The molecule has 2 aromatic carbocycles. The van der Waals surface area contributed by atoms with Crippen LogP contribution in [0.25, 0.3) is 11.1 Å². The van der Waals surface area contributed by atoms with Crippen LogP contribution in [0.4, 0.5) is 28.0 Å². The molecular formula is C23H22F4N2O5. The van der Waals surface area contributed by atoms with E-state index >= 15 is 4.39 Å². The van der Waals surface area contributed by atoms with Crippen LogP contribution in [-0.2, 0) is 4.79 Å². The molecule has 182 valence electrons. The molecule has 0 unspecified atom stereocenters. The van der Waals surface area contributed by atoms with Crippen LogP contribution in [0, 0.1) is 11.2 Å². The van der Waals surface area contributed by atoms with Crippen molar-refractivity contribution >= 4 is 17.7 Å². The molecule has 2 atom stereocenters. The van der Waals surface area contributed by atoms with Crippen molar-refractivity contribution in [2.45, 2.75) is 45.2 Å². The van der Waals surface area contributed by atoms with Gasteiger partial charge in [-0.2, -0.15) is 0 Å². The molecule has 4 rings (SSSR count). The fourth-order valence-corrected chi connectivity index (χ4v) is 4.55. The molecule has 0 spiro atoms. The molecule has 0 bridgehead atoms. The minimum atomic E-state index is -3.83. The summed E-state index contributed by atoms with van der Waals surface area (Å²) in [4.78, 5) is 26.0. The van der Waals surface area contributed by atoms with E-state index in [1.165, 1.54) is 36.4 Å². The number of benzene rings is 2. The van der Waals surface area contributed by atoms with Gasteiger partial charge in [0.1, 0.15) is 11.7 Å². The minimum absolute atomic E-state index is 0.0332. The van der Waals surface area contributed by atoms with Gasteiger partial charge in [-0.05, 0) is 29.2 Å². The summed E-state index contributed by atoms with van der Waals surface area (Å²) in [6.07, 6.45) is -7.24. The molecule has 1 saturated heterocycles. The molecule has 2 aliphatic rings. The highest BCUT2D eigenvalue weighted by Gasteiger charge is 2.60. The van der Waals surface area contributed by atoms with Crippen LogP contribution in [-0.4, -0.2) is 46.6 Å². The second-order valence-corrected chi connectivity index (χ2v) is 9.26. The number of hydrogen-bond acceptors (Lipinski definition) is 4. The summed E-state index contributed by atoms with van der Waals surface area (Å²) in [7, 11) is 0. The zero-order valence-electron chi connectivity index (χ0n) is 18.5. The van der Waals surface area contributed by atoms with Crippen LogP contribution in [0.1, 0.15) is 27.2 Å². The highest BCUT2D eigenvalue weighted by molar-refractivity contribution is 6.01. The number of nitrogens with zero attached hydrogens (tertiary/aromatic N) is 1. The lowest BCUT2D eigenvalue weighted by Gasteiger charge is -2.45. The van der Waals surface area contributed by atoms with Gasteiger partial charge in [-0.15, -0.1) is 8.78 Å². The van der Waals surface area contributed by atoms with E-state index in [9.17, 15) is 27.9 Å². The smallest absolute Gasteiger partial charge is 0.465 e. The van der Waals surface area contributed by atoms with Crippen molar-refractivity contribution < 1.29 is 41.7 Å². The van der Waals surface area contributed by atoms with Gasteiger partial charge >= 0.3 is 12.4 Å². The maximum absolute atomic E-state index is 15.4. The number of fused-ring (bicyclic) bond motifs is 1. The van der Waals surface area contributed by atoms with Gasteiger partial charge in [0.25, 0.3) is 5.91 Å². The first kappa shape index (κ1) is 23.7. The minimum Gasteiger partial charge on any atom is -0.465 e. The topological polar surface area (TPSA) is 88.1 Å². The Hall–Kier alpha value is -3.50. The van der Waals surface area contributed by atoms with Crippen molar-refractivity contribution in [2.75, 3.05) is 11.9 Å². The first-order chi connectivity index (χ1) is 15.7. The van der Waals surface area contributed by atoms with Gasteiger partial charge in [-0.25, -0.2) is 13.6 Å². The molecule has 0 aromatic heterocycles. The normalized spacial score (nSPS) is 23.1. The van der Waals surface area contributed by atoms with Gasteiger partial charge in [0.05, 0.1) is 12.2 Å². The second-order valence-electron chi connectivity index (χ2n) is 9.26. The molecule has 0 radical (unpaired) electrons. The average Bonchev–Trinajstić information content (AvgIpc) is 3.24. The molecule has 2 N–H and O–H groups in total. The Labute approximate surface area is 192 Å². The first-order valence-electron chi connectivity index (χ1n) is 10.4. The Bertz CT molecular complexity index is 1170. The van der Waals surface area contributed by atoms with Crippen LogP contribution in [0.15, 0.2) is 36.4 Å². The quantitative estimate of drug-likeness (QED) is 0.583. The Morgan fingerprint density at radius 3 is 2.47 bits per heavy atom. The lowest BCUT2D eigenvalue weighted by atomic mass is 9.71. The summed E-state index contributed by atoms with van der Waals surface area (Å²) >= 11 is 0. The third kappa shape index (κ3) is 3.78. The average molecular weight is 482 g/mol. The molecule has 2 heterocycles. The maximum Gasteiger partial charge on any atom is 0.586 e. The van der Waals surface area contributed by atoms with Gasteiger partial charge in [0.2, 0.25) is 0 Å².